The minimum Gasteiger partial charge on any atom is -0.487 e. The summed E-state index contributed by atoms with van der Waals surface area (Å²) in [5, 5.41) is 3.26. The molecule has 0 radical (unpaired) electrons. The van der Waals surface area contributed by atoms with E-state index in [1.165, 1.54) is 10.6 Å². The van der Waals surface area contributed by atoms with Crippen LogP contribution >= 0.6 is 27.3 Å². The van der Waals surface area contributed by atoms with E-state index in [1.807, 2.05) is 18.2 Å². The highest BCUT2D eigenvalue weighted by Gasteiger charge is 2.05. The molecule has 0 atom stereocenters. The quantitative estimate of drug-likeness (QED) is 0.818. The second kappa shape index (κ2) is 7.76. The summed E-state index contributed by atoms with van der Waals surface area (Å²) in [7, 11) is 0. The number of rotatable bonds is 7. The monoisotopic (exact) mass is 354 g/mol. The van der Waals surface area contributed by atoms with Crippen LogP contribution in [-0.4, -0.2) is 11.5 Å². The van der Waals surface area contributed by atoms with Crippen LogP contribution < -0.4 is 10.5 Å². The van der Waals surface area contributed by atoms with E-state index in [-0.39, 0.29) is 0 Å². The molecule has 0 amide bonds. The lowest BCUT2D eigenvalue weighted by Gasteiger charge is -2.08. The topological polar surface area (TPSA) is 48.1 Å². The average Bonchev–Trinajstić information content (AvgIpc) is 2.88. The van der Waals surface area contributed by atoms with Gasteiger partial charge in [-0.15, -0.1) is 11.3 Å². The molecule has 0 aliphatic carbocycles. The normalized spacial score (nSPS) is 10.8. The molecule has 0 aliphatic heterocycles. The van der Waals surface area contributed by atoms with Gasteiger partial charge in [0.05, 0.1) is 10.7 Å². The highest BCUT2D eigenvalue weighted by Crippen LogP contribution is 2.24. The van der Waals surface area contributed by atoms with Gasteiger partial charge in [-0.3, -0.25) is 0 Å². The van der Waals surface area contributed by atoms with Gasteiger partial charge in [-0.05, 0) is 49.6 Å². The molecule has 0 spiro atoms. The van der Waals surface area contributed by atoms with Gasteiger partial charge in [0.25, 0.3) is 0 Å². The minimum absolute atomic E-state index is 0.518. The lowest BCUT2D eigenvalue weighted by atomic mass is 10.1. The maximum absolute atomic E-state index is 5.81. The molecule has 0 bridgehead atoms. The smallest absolute Gasteiger partial charge is 0.131 e. The first-order valence-corrected chi connectivity index (χ1v) is 8.44. The number of ether oxygens (including phenoxy) is 1. The van der Waals surface area contributed by atoms with Crippen LogP contribution in [0.2, 0.25) is 0 Å². The van der Waals surface area contributed by atoms with Gasteiger partial charge in [0.15, 0.2) is 0 Å². The second-order valence-corrected chi connectivity index (χ2v) is 6.36. The van der Waals surface area contributed by atoms with E-state index in [2.05, 4.69) is 33.2 Å². The Morgan fingerprint density at radius 2 is 2.20 bits per heavy atom. The van der Waals surface area contributed by atoms with Gasteiger partial charge in [0, 0.05) is 9.85 Å². The standard InChI is InChI=1S/C15H19BrN2OS/c1-2-3-15-18-12(10-20-15)9-19-13-4-5-14(16)11(8-13)6-7-17/h4-5,8,10H,2-3,6-7,9,17H2,1H3. The van der Waals surface area contributed by atoms with Gasteiger partial charge in [-0.2, -0.15) is 0 Å². The number of benzene rings is 1. The fraction of sp³-hybridized carbons (Fsp3) is 0.400. The van der Waals surface area contributed by atoms with Crippen molar-refractivity contribution in [2.75, 3.05) is 6.54 Å². The van der Waals surface area contributed by atoms with Crippen LogP contribution in [0, 0.1) is 0 Å². The molecule has 1 aromatic heterocycles. The van der Waals surface area contributed by atoms with Crippen molar-refractivity contribution in [3.8, 4) is 5.75 Å². The third-order valence-electron chi connectivity index (χ3n) is 2.88. The third kappa shape index (κ3) is 4.30. The number of nitrogens with two attached hydrogens (primary N) is 1. The van der Waals surface area contributed by atoms with Gasteiger partial charge in [0.1, 0.15) is 12.4 Å². The van der Waals surface area contributed by atoms with Crippen molar-refractivity contribution in [1.29, 1.82) is 0 Å². The molecule has 2 aromatic rings. The number of nitrogens with zero attached hydrogens (tertiary/aromatic N) is 1. The highest BCUT2D eigenvalue weighted by atomic mass is 79.9. The van der Waals surface area contributed by atoms with E-state index in [9.17, 15) is 0 Å². The Labute approximate surface area is 132 Å². The summed E-state index contributed by atoms with van der Waals surface area (Å²) < 4.78 is 6.89. The zero-order valence-corrected chi connectivity index (χ0v) is 14.0. The van der Waals surface area contributed by atoms with Gasteiger partial charge < -0.3 is 10.5 Å². The lowest BCUT2D eigenvalue weighted by Crippen LogP contribution is -2.04. The molecule has 0 aliphatic rings. The number of thiazole rings is 1. The van der Waals surface area contributed by atoms with Crippen molar-refractivity contribution < 1.29 is 4.74 Å². The zero-order valence-electron chi connectivity index (χ0n) is 11.6. The van der Waals surface area contributed by atoms with E-state index in [0.717, 1.165) is 35.2 Å². The summed E-state index contributed by atoms with van der Waals surface area (Å²) in [5.74, 6) is 0.863. The Kier molecular flexibility index (Phi) is 6.01. The maximum atomic E-state index is 5.81. The van der Waals surface area contributed by atoms with E-state index >= 15 is 0 Å². The first-order chi connectivity index (χ1) is 9.72. The van der Waals surface area contributed by atoms with Crippen molar-refractivity contribution in [3.63, 3.8) is 0 Å². The Balaban J connectivity index is 1.97. The van der Waals surface area contributed by atoms with Crippen molar-refractivity contribution in [1.82, 2.24) is 4.98 Å². The molecular weight excluding hydrogens is 336 g/mol. The fourth-order valence-corrected chi connectivity index (χ4v) is 3.22. The van der Waals surface area contributed by atoms with E-state index in [0.29, 0.717) is 13.2 Å². The molecule has 0 unspecified atom stereocenters. The minimum atomic E-state index is 0.518. The van der Waals surface area contributed by atoms with Crippen LogP contribution in [0.25, 0.3) is 0 Å². The predicted molar refractivity (Wildman–Crippen MR) is 87.3 cm³/mol. The molecule has 108 valence electrons. The van der Waals surface area contributed by atoms with Crippen LogP contribution in [0.1, 0.15) is 29.6 Å². The van der Waals surface area contributed by atoms with E-state index in [4.69, 9.17) is 10.5 Å². The van der Waals surface area contributed by atoms with E-state index < -0.39 is 0 Å². The number of hydrogen-bond acceptors (Lipinski definition) is 4. The van der Waals surface area contributed by atoms with Crippen LogP contribution in [0.4, 0.5) is 0 Å². The third-order valence-corrected chi connectivity index (χ3v) is 4.61. The van der Waals surface area contributed by atoms with Crippen molar-refractivity contribution in [2.24, 2.45) is 5.73 Å². The fourth-order valence-electron chi connectivity index (χ4n) is 1.89. The molecule has 0 saturated carbocycles. The van der Waals surface area contributed by atoms with Gasteiger partial charge in [0.2, 0.25) is 0 Å². The Hall–Kier alpha value is -0.910. The lowest BCUT2D eigenvalue weighted by molar-refractivity contribution is 0.301. The molecule has 0 fully saturated rings. The zero-order chi connectivity index (χ0) is 14.4. The average molecular weight is 355 g/mol. The van der Waals surface area contributed by atoms with Crippen LogP contribution in [0.3, 0.4) is 0 Å². The summed E-state index contributed by atoms with van der Waals surface area (Å²) in [6.07, 6.45) is 3.02. The Morgan fingerprint density at radius 1 is 1.35 bits per heavy atom. The first-order valence-electron chi connectivity index (χ1n) is 6.77. The van der Waals surface area contributed by atoms with Gasteiger partial charge >= 0.3 is 0 Å². The summed E-state index contributed by atoms with van der Waals surface area (Å²) in [4.78, 5) is 4.56. The second-order valence-electron chi connectivity index (χ2n) is 4.56. The van der Waals surface area contributed by atoms with Crippen molar-refractivity contribution in [2.45, 2.75) is 32.8 Å². The molecule has 20 heavy (non-hydrogen) atoms. The number of aryl methyl sites for hydroxylation is 1. The van der Waals surface area contributed by atoms with Crippen LogP contribution in [0.15, 0.2) is 28.1 Å². The van der Waals surface area contributed by atoms with Crippen molar-refractivity contribution in [3.05, 3.63) is 44.3 Å². The molecule has 2 N–H and O–H groups in total. The number of hydrogen-bond donors (Lipinski definition) is 1. The largest absolute Gasteiger partial charge is 0.487 e. The SMILES string of the molecule is CCCc1nc(COc2ccc(Br)c(CCN)c2)cs1. The summed E-state index contributed by atoms with van der Waals surface area (Å²) >= 11 is 5.23. The van der Waals surface area contributed by atoms with Crippen LogP contribution in [-0.2, 0) is 19.4 Å². The predicted octanol–water partition coefficient (Wildman–Crippen LogP) is 3.94. The van der Waals surface area contributed by atoms with Gasteiger partial charge in [-0.25, -0.2) is 4.98 Å². The molecule has 2 rings (SSSR count). The van der Waals surface area contributed by atoms with Crippen LogP contribution in [0.5, 0.6) is 5.75 Å². The van der Waals surface area contributed by atoms with Gasteiger partial charge in [-0.1, -0.05) is 22.9 Å². The molecular formula is C15H19BrN2OS. The summed E-state index contributed by atoms with van der Waals surface area (Å²) in [6, 6.07) is 6.00. The van der Waals surface area contributed by atoms with Crippen molar-refractivity contribution >= 4 is 27.3 Å². The number of halogens is 1. The molecule has 1 heterocycles. The molecule has 5 heteroatoms. The highest BCUT2D eigenvalue weighted by molar-refractivity contribution is 9.10. The maximum Gasteiger partial charge on any atom is 0.131 e. The number of aromatic nitrogens is 1. The summed E-state index contributed by atoms with van der Waals surface area (Å²) in [5.41, 5.74) is 7.78. The molecule has 1 aromatic carbocycles. The first kappa shape index (κ1) is 15.5. The summed E-state index contributed by atoms with van der Waals surface area (Å²) in [6.45, 7) is 3.32. The molecule has 3 nitrogen and oxygen atoms in total. The Bertz CT molecular complexity index is 557. The van der Waals surface area contributed by atoms with E-state index in [1.54, 1.807) is 11.3 Å². The molecule has 0 saturated heterocycles. The Morgan fingerprint density at radius 3 is 2.95 bits per heavy atom.